The third kappa shape index (κ3) is 1.24. The Bertz CT molecular complexity index is 456. The highest BCUT2D eigenvalue weighted by molar-refractivity contribution is 5.94. The Labute approximate surface area is 78.9 Å². The van der Waals surface area contributed by atoms with Crippen LogP contribution in [0.3, 0.4) is 0 Å². The quantitative estimate of drug-likeness (QED) is 0.638. The van der Waals surface area contributed by atoms with Crippen molar-refractivity contribution < 1.29 is 4.79 Å². The van der Waals surface area contributed by atoms with E-state index < -0.39 is 5.91 Å². The van der Waals surface area contributed by atoms with Crippen molar-refractivity contribution in [3.05, 3.63) is 23.7 Å². The van der Waals surface area contributed by atoms with E-state index in [1.165, 1.54) is 6.20 Å². The molecule has 0 aliphatic carbocycles. The number of rotatable bonds is 1. The van der Waals surface area contributed by atoms with Crippen molar-refractivity contribution in [2.75, 3.05) is 5.73 Å². The van der Waals surface area contributed by atoms with Crippen molar-refractivity contribution in [2.45, 2.75) is 6.92 Å². The molecule has 0 fully saturated rings. The summed E-state index contributed by atoms with van der Waals surface area (Å²) in [6.45, 7) is 1.75. The van der Waals surface area contributed by atoms with Crippen LogP contribution in [0.1, 0.15) is 16.2 Å². The van der Waals surface area contributed by atoms with Crippen molar-refractivity contribution in [1.82, 2.24) is 25.2 Å². The normalized spacial score (nSPS) is 10.4. The van der Waals surface area contributed by atoms with Crippen LogP contribution in [-0.2, 0) is 0 Å². The van der Waals surface area contributed by atoms with Gasteiger partial charge in [-0.1, -0.05) is 0 Å². The fraction of sp³-hybridized carbons (Fsp3) is 0.143. The Kier molecular flexibility index (Phi) is 1.77. The number of aromatic nitrogens is 5. The number of nitrogens with one attached hydrogen (secondary N) is 1. The Hall–Kier alpha value is -2.18. The van der Waals surface area contributed by atoms with Crippen molar-refractivity contribution in [1.29, 1.82) is 0 Å². The second-order valence-corrected chi connectivity index (χ2v) is 2.78. The molecule has 0 spiro atoms. The number of aryl methyl sites for hydroxylation is 1. The first-order valence-corrected chi connectivity index (χ1v) is 3.91. The summed E-state index contributed by atoms with van der Waals surface area (Å²) >= 11 is 0. The summed E-state index contributed by atoms with van der Waals surface area (Å²) in [5.74, 6) is -0.111. The van der Waals surface area contributed by atoms with Crippen LogP contribution in [-0.4, -0.2) is 31.1 Å². The number of nitrogens with zero attached hydrogens (tertiary/aromatic N) is 4. The standard InChI is InChI=1S/C7H8N6O/c1-4-2-6(8)13(11-4)7(14)5-3-9-12-10-5/h2-3H,8H2,1H3,(H,9,10,12). The lowest BCUT2D eigenvalue weighted by Gasteiger charge is -1.97. The SMILES string of the molecule is Cc1cc(N)n(C(=O)c2cn[nH]n2)n1. The minimum absolute atomic E-state index is 0.180. The van der Waals surface area contributed by atoms with Gasteiger partial charge in [-0.2, -0.15) is 25.2 Å². The topological polar surface area (TPSA) is 102 Å². The van der Waals surface area contributed by atoms with Gasteiger partial charge in [-0.15, -0.1) is 0 Å². The number of carbonyl (C=O) groups excluding carboxylic acids is 1. The molecule has 2 aromatic heterocycles. The molecule has 0 radical (unpaired) electrons. The van der Waals surface area contributed by atoms with E-state index in [1.807, 2.05) is 0 Å². The van der Waals surface area contributed by atoms with Gasteiger partial charge < -0.3 is 5.73 Å². The van der Waals surface area contributed by atoms with Gasteiger partial charge in [-0.05, 0) is 6.92 Å². The largest absolute Gasteiger partial charge is 0.383 e. The predicted molar refractivity (Wildman–Crippen MR) is 47.5 cm³/mol. The molecular weight excluding hydrogens is 184 g/mol. The molecule has 0 aromatic carbocycles. The van der Waals surface area contributed by atoms with Crippen LogP contribution < -0.4 is 5.73 Å². The zero-order valence-electron chi connectivity index (χ0n) is 7.43. The van der Waals surface area contributed by atoms with Gasteiger partial charge in [0.15, 0.2) is 5.69 Å². The second kappa shape index (κ2) is 2.95. The van der Waals surface area contributed by atoms with E-state index in [-0.39, 0.29) is 11.5 Å². The highest BCUT2D eigenvalue weighted by atomic mass is 16.2. The van der Waals surface area contributed by atoms with Crippen molar-refractivity contribution in [2.24, 2.45) is 0 Å². The van der Waals surface area contributed by atoms with Crippen molar-refractivity contribution >= 4 is 11.7 Å². The number of carbonyl (C=O) groups is 1. The molecule has 0 amide bonds. The average molecular weight is 192 g/mol. The Balaban J connectivity index is 2.41. The molecule has 0 atom stereocenters. The fourth-order valence-corrected chi connectivity index (χ4v) is 1.10. The summed E-state index contributed by atoms with van der Waals surface area (Å²) in [6.07, 6.45) is 1.32. The minimum Gasteiger partial charge on any atom is -0.383 e. The van der Waals surface area contributed by atoms with Gasteiger partial charge in [-0.3, -0.25) is 4.79 Å². The van der Waals surface area contributed by atoms with E-state index in [0.717, 1.165) is 4.68 Å². The lowest BCUT2D eigenvalue weighted by molar-refractivity contribution is 0.0942. The lowest BCUT2D eigenvalue weighted by atomic mass is 10.4. The molecule has 72 valence electrons. The predicted octanol–water partition coefficient (Wildman–Crippen LogP) is -0.420. The van der Waals surface area contributed by atoms with Gasteiger partial charge in [0.2, 0.25) is 0 Å². The van der Waals surface area contributed by atoms with E-state index in [4.69, 9.17) is 5.73 Å². The Morgan fingerprint density at radius 1 is 1.64 bits per heavy atom. The molecule has 2 aromatic rings. The molecule has 0 aliphatic rings. The summed E-state index contributed by atoms with van der Waals surface area (Å²) < 4.78 is 1.09. The average Bonchev–Trinajstić information content (AvgIpc) is 2.73. The zero-order valence-corrected chi connectivity index (χ0v) is 7.43. The van der Waals surface area contributed by atoms with Crippen LogP contribution >= 0.6 is 0 Å². The number of nitrogen functional groups attached to an aromatic ring is 1. The summed E-state index contributed by atoms with van der Waals surface area (Å²) in [7, 11) is 0. The number of hydrogen-bond donors (Lipinski definition) is 2. The molecule has 7 nitrogen and oxygen atoms in total. The molecule has 2 heterocycles. The summed E-state index contributed by atoms with van der Waals surface area (Å²) in [5, 5.41) is 13.4. The zero-order chi connectivity index (χ0) is 10.1. The molecule has 2 rings (SSSR count). The fourth-order valence-electron chi connectivity index (χ4n) is 1.10. The van der Waals surface area contributed by atoms with E-state index in [9.17, 15) is 4.79 Å². The van der Waals surface area contributed by atoms with E-state index in [2.05, 4.69) is 20.5 Å². The van der Waals surface area contributed by atoms with Gasteiger partial charge in [0, 0.05) is 6.07 Å². The first kappa shape index (κ1) is 8.42. The second-order valence-electron chi connectivity index (χ2n) is 2.78. The molecule has 3 N–H and O–H groups in total. The molecular formula is C7H8N6O. The molecule has 14 heavy (non-hydrogen) atoms. The van der Waals surface area contributed by atoms with Gasteiger partial charge in [0.1, 0.15) is 5.82 Å². The monoisotopic (exact) mass is 192 g/mol. The molecule has 0 aliphatic heterocycles. The first-order valence-electron chi connectivity index (χ1n) is 3.91. The van der Waals surface area contributed by atoms with Gasteiger partial charge in [-0.25, -0.2) is 0 Å². The molecule has 0 bridgehead atoms. The Morgan fingerprint density at radius 2 is 2.43 bits per heavy atom. The van der Waals surface area contributed by atoms with Crippen LogP contribution in [0.2, 0.25) is 0 Å². The van der Waals surface area contributed by atoms with Crippen molar-refractivity contribution in [3.8, 4) is 0 Å². The Morgan fingerprint density at radius 3 is 2.93 bits per heavy atom. The first-order chi connectivity index (χ1) is 6.68. The molecule has 0 saturated heterocycles. The minimum atomic E-state index is -0.399. The third-order valence-corrected chi connectivity index (χ3v) is 1.69. The lowest BCUT2D eigenvalue weighted by Crippen LogP contribution is -2.16. The molecule has 0 unspecified atom stereocenters. The van der Waals surface area contributed by atoms with Crippen LogP contribution in [0.4, 0.5) is 5.82 Å². The third-order valence-electron chi connectivity index (χ3n) is 1.69. The van der Waals surface area contributed by atoms with Crippen LogP contribution in [0.5, 0.6) is 0 Å². The highest BCUT2D eigenvalue weighted by Crippen LogP contribution is 2.06. The summed E-state index contributed by atoms with van der Waals surface area (Å²) in [4.78, 5) is 11.6. The maximum absolute atomic E-state index is 11.6. The van der Waals surface area contributed by atoms with Gasteiger partial charge in [0.05, 0.1) is 11.9 Å². The van der Waals surface area contributed by atoms with Crippen LogP contribution in [0, 0.1) is 6.92 Å². The van der Waals surface area contributed by atoms with E-state index in [1.54, 1.807) is 13.0 Å². The number of nitrogens with two attached hydrogens (primary N) is 1. The van der Waals surface area contributed by atoms with Crippen molar-refractivity contribution in [3.63, 3.8) is 0 Å². The van der Waals surface area contributed by atoms with Crippen LogP contribution in [0.15, 0.2) is 12.3 Å². The maximum atomic E-state index is 11.6. The molecule has 7 heteroatoms. The smallest absolute Gasteiger partial charge is 0.302 e. The molecule has 0 saturated carbocycles. The number of anilines is 1. The van der Waals surface area contributed by atoms with Gasteiger partial charge >= 0.3 is 5.91 Å². The number of H-pyrrole nitrogens is 1. The van der Waals surface area contributed by atoms with E-state index in [0.29, 0.717) is 5.69 Å². The summed E-state index contributed by atoms with van der Waals surface area (Å²) in [5.41, 5.74) is 6.43. The maximum Gasteiger partial charge on any atom is 0.302 e. The van der Waals surface area contributed by atoms with Gasteiger partial charge in [0.25, 0.3) is 0 Å². The van der Waals surface area contributed by atoms with E-state index >= 15 is 0 Å². The number of hydrogen-bond acceptors (Lipinski definition) is 5. The highest BCUT2D eigenvalue weighted by Gasteiger charge is 2.15. The summed E-state index contributed by atoms with van der Waals surface area (Å²) in [6, 6.07) is 1.61. The number of aromatic amines is 1. The van der Waals surface area contributed by atoms with Crippen LogP contribution in [0.25, 0.3) is 0 Å².